The van der Waals surface area contributed by atoms with Gasteiger partial charge in [-0.2, -0.15) is 0 Å². The molecule has 0 aromatic heterocycles. The summed E-state index contributed by atoms with van der Waals surface area (Å²) in [6.45, 7) is 7.27. The molecule has 2 fully saturated rings. The van der Waals surface area contributed by atoms with E-state index < -0.39 is 5.66 Å². The molecule has 190 valence electrons. The maximum absolute atomic E-state index is 13.3. The van der Waals surface area contributed by atoms with Gasteiger partial charge < -0.3 is 15.0 Å². The van der Waals surface area contributed by atoms with Crippen molar-refractivity contribution >= 4 is 23.4 Å². The van der Waals surface area contributed by atoms with Crippen LogP contribution in [0.5, 0.6) is 0 Å². The molecule has 8 nitrogen and oxygen atoms in total. The molecule has 0 spiro atoms. The Morgan fingerprint density at radius 3 is 2.53 bits per heavy atom. The molecule has 1 unspecified atom stereocenters. The molecule has 3 heterocycles. The summed E-state index contributed by atoms with van der Waals surface area (Å²) >= 11 is 0. The third kappa shape index (κ3) is 4.88. The zero-order valence-electron chi connectivity index (χ0n) is 20.9. The summed E-state index contributed by atoms with van der Waals surface area (Å²) in [7, 11) is 0. The molecule has 5 rings (SSSR count). The molecule has 1 N–H and O–H groups in total. The molecule has 1 atom stereocenters. The number of ether oxygens (including phenoxy) is 1. The molecule has 3 aliphatic rings. The Hall–Kier alpha value is -3.23. The van der Waals surface area contributed by atoms with Gasteiger partial charge in [-0.3, -0.25) is 24.2 Å². The Morgan fingerprint density at radius 1 is 1.03 bits per heavy atom. The van der Waals surface area contributed by atoms with Crippen LogP contribution in [0.2, 0.25) is 0 Å². The van der Waals surface area contributed by atoms with Crippen molar-refractivity contribution in [3.8, 4) is 0 Å². The largest absolute Gasteiger partial charge is 0.379 e. The predicted octanol–water partition coefficient (Wildman–Crippen LogP) is 2.91. The molecule has 0 aliphatic carbocycles. The van der Waals surface area contributed by atoms with Crippen molar-refractivity contribution in [3.63, 3.8) is 0 Å². The molecule has 2 aromatic rings. The van der Waals surface area contributed by atoms with Gasteiger partial charge in [0.25, 0.3) is 5.91 Å². The lowest BCUT2D eigenvalue weighted by Gasteiger charge is -2.48. The van der Waals surface area contributed by atoms with Crippen LogP contribution in [-0.4, -0.2) is 66.0 Å². The van der Waals surface area contributed by atoms with Gasteiger partial charge in [0.2, 0.25) is 11.8 Å². The van der Waals surface area contributed by atoms with Gasteiger partial charge in [0.15, 0.2) is 0 Å². The fraction of sp³-hybridized carbons (Fsp3) is 0.464. The van der Waals surface area contributed by atoms with Crippen LogP contribution in [0.3, 0.4) is 0 Å². The second kappa shape index (κ2) is 10.4. The van der Waals surface area contributed by atoms with Gasteiger partial charge >= 0.3 is 0 Å². The first-order chi connectivity index (χ1) is 17.5. The second-order valence-electron chi connectivity index (χ2n) is 10.0. The van der Waals surface area contributed by atoms with E-state index in [-0.39, 0.29) is 17.7 Å². The Balaban J connectivity index is 1.12. The number of amides is 3. The van der Waals surface area contributed by atoms with E-state index in [4.69, 9.17) is 4.74 Å². The number of nitrogens with zero attached hydrogens (tertiary/aromatic N) is 3. The number of carbonyl (C=O) groups is 3. The molecular formula is C28H34N4O4. The van der Waals surface area contributed by atoms with Crippen LogP contribution in [0.15, 0.2) is 48.5 Å². The van der Waals surface area contributed by atoms with E-state index in [1.165, 1.54) is 5.56 Å². The standard InChI is InChI=1S/C28H34N4O4/c1-28-13-12-26(34)32(28)24-6-3-2-5-23(24)27(35)31(28)14-4-7-25(33)29-19-21-8-10-22(11-9-21)20-30-15-17-36-18-16-30/h2-3,5-6,8-11H,4,7,12-20H2,1H3,(H,29,33). The lowest BCUT2D eigenvalue weighted by Crippen LogP contribution is -2.62. The monoisotopic (exact) mass is 490 g/mol. The van der Waals surface area contributed by atoms with Crippen molar-refractivity contribution in [3.05, 3.63) is 65.2 Å². The average Bonchev–Trinajstić information content (AvgIpc) is 3.21. The SMILES string of the molecule is CC12CCC(=O)N1c1ccccc1C(=O)N2CCCC(=O)NCc1ccc(CN2CCOCC2)cc1. The molecule has 0 radical (unpaired) electrons. The highest BCUT2D eigenvalue weighted by Crippen LogP contribution is 2.44. The third-order valence-electron chi connectivity index (χ3n) is 7.55. The smallest absolute Gasteiger partial charge is 0.257 e. The van der Waals surface area contributed by atoms with Crippen LogP contribution in [0.4, 0.5) is 5.69 Å². The van der Waals surface area contributed by atoms with Crippen molar-refractivity contribution in [1.82, 2.24) is 15.1 Å². The summed E-state index contributed by atoms with van der Waals surface area (Å²) in [6.07, 6.45) is 1.88. The van der Waals surface area contributed by atoms with Crippen molar-refractivity contribution < 1.29 is 19.1 Å². The number of hydrogen-bond donors (Lipinski definition) is 1. The third-order valence-corrected chi connectivity index (χ3v) is 7.55. The number of nitrogens with one attached hydrogen (secondary N) is 1. The summed E-state index contributed by atoms with van der Waals surface area (Å²) < 4.78 is 5.40. The number of fused-ring (bicyclic) bond motifs is 3. The Morgan fingerprint density at radius 2 is 1.75 bits per heavy atom. The number of hydrogen-bond acceptors (Lipinski definition) is 5. The van der Waals surface area contributed by atoms with Crippen molar-refractivity contribution in [1.29, 1.82) is 0 Å². The predicted molar refractivity (Wildman–Crippen MR) is 136 cm³/mol. The van der Waals surface area contributed by atoms with Crippen LogP contribution in [-0.2, 0) is 27.4 Å². The molecule has 3 amide bonds. The molecular weight excluding hydrogens is 456 g/mol. The molecule has 3 aliphatic heterocycles. The fourth-order valence-electron chi connectivity index (χ4n) is 5.51. The summed E-state index contributed by atoms with van der Waals surface area (Å²) in [5.74, 6) is -0.0745. The minimum atomic E-state index is -0.679. The zero-order valence-corrected chi connectivity index (χ0v) is 20.9. The number of para-hydroxylation sites is 1. The van der Waals surface area contributed by atoms with Crippen LogP contribution in [0, 0.1) is 0 Å². The molecule has 2 saturated heterocycles. The molecule has 0 saturated carbocycles. The van der Waals surface area contributed by atoms with Crippen molar-refractivity contribution in [2.45, 2.75) is 51.4 Å². The van der Waals surface area contributed by atoms with Crippen molar-refractivity contribution in [2.24, 2.45) is 0 Å². The molecule has 36 heavy (non-hydrogen) atoms. The van der Waals surface area contributed by atoms with Crippen LogP contribution in [0.1, 0.15) is 54.1 Å². The van der Waals surface area contributed by atoms with Gasteiger partial charge in [0, 0.05) is 45.6 Å². The summed E-state index contributed by atoms with van der Waals surface area (Å²) in [6, 6.07) is 15.6. The Labute approximate surface area is 212 Å². The minimum Gasteiger partial charge on any atom is -0.379 e. The van der Waals surface area contributed by atoms with E-state index in [9.17, 15) is 14.4 Å². The highest BCUT2D eigenvalue weighted by Gasteiger charge is 2.52. The molecule has 8 heteroatoms. The van der Waals surface area contributed by atoms with E-state index in [2.05, 4.69) is 34.5 Å². The van der Waals surface area contributed by atoms with E-state index in [0.29, 0.717) is 50.0 Å². The first kappa shape index (κ1) is 24.5. The number of morpholine rings is 1. The van der Waals surface area contributed by atoms with Gasteiger partial charge in [0.05, 0.1) is 24.5 Å². The summed E-state index contributed by atoms with van der Waals surface area (Å²) in [5, 5.41) is 2.99. The maximum atomic E-state index is 13.3. The highest BCUT2D eigenvalue weighted by atomic mass is 16.5. The fourth-order valence-corrected chi connectivity index (χ4v) is 5.51. The van der Waals surface area contributed by atoms with Gasteiger partial charge in [-0.1, -0.05) is 36.4 Å². The lowest BCUT2D eigenvalue weighted by atomic mass is 9.98. The van der Waals surface area contributed by atoms with E-state index in [1.807, 2.05) is 25.1 Å². The minimum absolute atomic E-state index is 0.0381. The lowest BCUT2D eigenvalue weighted by molar-refractivity contribution is -0.121. The van der Waals surface area contributed by atoms with Gasteiger partial charge in [-0.15, -0.1) is 0 Å². The van der Waals surface area contributed by atoms with E-state index in [1.54, 1.807) is 15.9 Å². The second-order valence-corrected chi connectivity index (χ2v) is 10.0. The first-order valence-electron chi connectivity index (χ1n) is 12.8. The van der Waals surface area contributed by atoms with E-state index in [0.717, 1.165) is 38.4 Å². The number of rotatable bonds is 8. The Bertz CT molecular complexity index is 1130. The quantitative estimate of drug-likeness (QED) is 0.615. The number of anilines is 1. The zero-order chi connectivity index (χ0) is 25.1. The number of carbonyl (C=O) groups excluding carboxylic acids is 3. The van der Waals surface area contributed by atoms with Crippen LogP contribution >= 0.6 is 0 Å². The summed E-state index contributed by atoms with van der Waals surface area (Å²) in [5.41, 5.74) is 2.88. The van der Waals surface area contributed by atoms with Gasteiger partial charge in [0.1, 0.15) is 5.66 Å². The normalized spacial score (nSPS) is 21.9. The topological polar surface area (TPSA) is 82.2 Å². The van der Waals surface area contributed by atoms with E-state index >= 15 is 0 Å². The van der Waals surface area contributed by atoms with Gasteiger partial charge in [-0.05, 0) is 43.0 Å². The van der Waals surface area contributed by atoms with Crippen LogP contribution in [0.25, 0.3) is 0 Å². The number of benzene rings is 2. The molecule has 2 aromatic carbocycles. The average molecular weight is 491 g/mol. The highest BCUT2D eigenvalue weighted by molar-refractivity contribution is 6.10. The first-order valence-corrected chi connectivity index (χ1v) is 12.8. The maximum Gasteiger partial charge on any atom is 0.257 e. The van der Waals surface area contributed by atoms with Crippen molar-refractivity contribution in [2.75, 3.05) is 37.7 Å². The van der Waals surface area contributed by atoms with Crippen LogP contribution < -0.4 is 10.2 Å². The Kier molecular flexibility index (Phi) is 7.07. The summed E-state index contributed by atoms with van der Waals surface area (Å²) in [4.78, 5) is 44.4. The van der Waals surface area contributed by atoms with Gasteiger partial charge in [-0.25, -0.2) is 0 Å². The molecule has 0 bridgehead atoms.